The summed E-state index contributed by atoms with van der Waals surface area (Å²) in [6.45, 7) is 1.47. The van der Waals surface area contributed by atoms with E-state index in [1.165, 1.54) is 19.1 Å². The maximum Gasteiger partial charge on any atom is 0.331 e. The SMILES string of the molecule is COc1ccc(/C=C/C(=O)O[C@@H](C)C(=O)Nc2ccc(Cl)cc2Cl)cc1. The Morgan fingerprint density at radius 1 is 1.12 bits per heavy atom. The van der Waals surface area contributed by atoms with Crippen LogP contribution in [0.3, 0.4) is 0 Å². The lowest BCUT2D eigenvalue weighted by atomic mass is 10.2. The van der Waals surface area contributed by atoms with Crippen molar-refractivity contribution in [1.29, 1.82) is 0 Å². The molecule has 0 bridgehead atoms. The predicted octanol–water partition coefficient (Wildman–Crippen LogP) is 4.59. The molecule has 2 aromatic carbocycles. The number of anilines is 1. The van der Waals surface area contributed by atoms with Gasteiger partial charge >= 0.3 is 5.97 Å². The van der Waals surface area contributed by atoms with Crippen molar-refractivity contribution in [3.8, 4) is 5.75 Å². The van der Waals surface area contributed by atoms with Crippen LogP contribution in [0.1, 0.15) is 12.5 Å². The molecule has 0 radical (unpaired) electrons. The lowest BCUT2D eigenvalue weighted by Crippen LogP contribution is -2.29. The molecule has 0 saturated heterocycles. The van der Waals surface area contributed by atoms with Gasteiger partial charge in [0.25, 0.3) is 5.91 Å². The first-order valence-electron chi connectivity index (χ1n) is 7.67. The third-order valence-electron chi connectivity index (χ3n) is 3.38. The second kappa shape index (κ2) is 9.27. The zero-order valence-corrected chi connectivity index (χ0v) is 15.7. The number of methoxy groups -OCH3 is 1. The van der Waals surface area contributed by atoms with Crippen molar-refractivity contribution in [2.24, 2.45) is 0 Å². The van der Waals surface area contributed by atoms with Gasteiger partial charge in [0.05, 0.1) is 17.8 Å². The average molecular weight is 394 g/mol. The van der Waals surface area contributed by atoms with E-state index in [4.69, 9.17) is 32.7 Å². The van der Waals surface area contributed by atoms with E-state index in [-0.39, 0.29) is 0 Å². The number of rotatable bonds is 6. The normalized spacial score (nSPS) is 11.8. The van der Waals surface area contributed by atoms with E-state index in [2.05, 4.69) is 5.32 Å². The predicted molar refractivity (Wildman–Crippen MR) is 103 cm³/mol. The van der Waals surface area contributed by atoms with Crippen molar-refractivity contribution in [3.63, 3.8) is 0 Å². The zero-order valence-electron chi connectivity index (χ0n) is 14.2. The highest BCUT2D eigenvalue weighted by Crippen LogP contribution is 2.25. The fourth-order valence-corrected chi connectivity index (χ4v) is 2.43. The Morgan fingerprint density at radius 2 is 1.81 bits per heavy atom. The highest BCUT2D eigenvalue weighted by atomic mass is 35.5. The Morgan fingerprint density at radius 3 is 2.42 bits per heavy atom. The topological polar surface area (TPSA) is 64.6 Å². The molecule has 0 aliphatic carbocycles. The molecule has 0 aliphatic rings. The van der Waals surface area contributed by atoms with Gasteiger partial charge < -0.3 is 14.8 Å². The largest absolute Gasteiger partial charge is 0.497 e. The van der Waals surface area contributed by atoms with E-state index in [1.807, 2.05) is 0 Å². The number of carbonyl (C=O) groups is 2. The van der Waals surface area contributed by atoms with Crippen LogP contribution < -0.4 is 10.1 Å². The third kappa shape index (κ3) is 5.79. The Balaban J connectivity index is 1.90. The van der Waals surface area contributed by atoms with Crippen molar-refractivity contribution in [2.45, 2.75) is 13.0 Å². The molecule has 0 aromatic heterocycles. The van der Waals surface area contributed by atoms with Crippen LogP contribution in [0.25, 0.3) is 6.08 Å². The molecule has 0 fully saturated rings. The maximum absolute atomic E-state index is 12.1. The first-order chi connectivity index (χ1) is 12.4. The van der Waals surface area contributed by atoms with Gasteiger partial charge in [0.15, 0.2) is 6.10 Å². The van der Waals surface area contributed by atoms with Gasteiger partial charge in [0.2, 0.25) is 0 Å². The van der Waals surface area contributed by atoms with Crippen LogP contribution >= 0.6 is 23.2 Å². The first kappa shape index (κ1) is 19.8. The minimum atomic E-state index is -0.991. The molecular weight excluding hydrogens is 377 g/mol. The molecule has 7 heteroatoms. The molecule has 5 nitrogen and oxygen atoms in total. The molecule has 0 aliphatic heterocycles. The molecule has 2 rings (SSSR count). The molecule has 1 amide bonds. The highest BCUT2D eigenvalue weighted by Gasteiger charge is 2.17. The first-order valence-corrected chi connectivity index (χ1v) is 8.43. The summed E-state index contributed by atoms with van der Waals surface area (Å²) in [7, 11) is 1.58. The number of carbonyl (C=O) groups excluding carboxylic acids is 2. The second-order valence-electron chi connectivity index (χ2n) is 5.30. The summed E-state index contributed by atoms with van der Waals surface area (Å²) in [4.78, 5) is 24.0. The van der Waals surface area contributed by atoms with Crippen molar-refractivity contribution in [3.05, 3.63) is 64.1 Å². The van der Waals surface area contributed by atoms with Crippen molar-refractivity contribution in [1.82, 2.24) is 0 Å². The molecule has 1 atom stereocenters. The molecule has 136 valence electrons. The van der Waals surface area contributed by atoms with Gasteiger partial charge in [-0.05, 0) is 48.9 Å². The van der Waals surface area contributed by atoms with Crippen LogP contribution in [-0.4, -0.2) is 25.1 Å². The average Bonchev–Trinajstić information content (AvgIpc) is 2.62. The van der Waals surface area contributed by atoms with E-state index in [0.29, 0.717) is 15.7 Å². The van der Waals surface area contributed by atoms with Gasteiger partial charge in [-0.15, -0.1) is 0 Å². The number of benzene rings is 2. The lowest BCUT2D eigenvalue weighted by molar-refractivity contribution is -0.148. The van der Waals surface area contributed by atoms with Crippen LogP contribution in [0.2, 0.25) is 10.0 Å². The minimum Gasteiger partial charge on any atom is -0.497 e. The Kier molecular flexibility index (Phi) is 7.06. The smallest absolute Gasteiger partial charge is 0.331 e. The number of esters is 1. The molecular formula is C19H17Cl2NO4. The number of ether oxygens (including phenoxy) is 2. The Hall–Kier alpha value is -2.50. The minimum absolute atomic E-state index is 0.295. The molecule has 1 N–H and O–H groups in total. The quantitative estimate of drug-likeness (QED) is 0.575. The van der Waals surface area contributed by atoms with Crippen molar-refractivity contribution < 1.29 is 19.1 Å². The molecule has 0 spiro atoms. The number of hydrogen-bond acceptors (Lipinski definition) is 4. The van der Waals surface area contributed by atoms with Gasteiger partial charge in [-0.25, -0.2) is 4.79 Å². The summed E-state index contributed by atoms with van der Waals surface area (Å²) < 4.78 is 10.1. The Bertz CT molecular complexity index is 819. The summed E-state index contributed by atoms with van der Waals surface area (Å²) in [5, 5.41) is 3.33. The summed E-state index contributed by atoms with van der Waals surface area (Å²) in [6.07, 6.45) is 1.85. The van der Waals surface area contributed by atoms with Gasteiger partial charge in [-0.3, -0.25) is 4.79 Å². The van der Waals surface area contributed by atoms with Gasteiger partial charge in [-0.1, -0.05) is 35.3 Å². The summed E-state index contributed by atoms with van der Waals surface area (Å²) in [6, 6.07) is 11.8. The van der Waals surface area contributed by atoms with E-state index >= 15 is 0 Å². The second-order valence-corrected chi connectivity index (χ2v) is 6.14. The highest BCUT2D eigenvalue weighted by molar-refractivity contribution is 6.36. The number of amides is 1. The van der Waals surface area contributed by atoms with Crippen LogP contribution in [0, 0.1) is 0 Å². The van der Waals surface area contributed by atoms with Gasteiger partial charge in [-0.2, -0.15) is 0 Å². The number of nitrogens with one attached hydrogen (secondary N) is 1. The molecule has 2 aromatic rings. The van der Waals surface area contributed by atoms with Crippen LogP contribution in [-0.2, 0) is 14.3 Å². The molecule has 0 saturated carbocycles. The van der Waals surface area contributed by atoms with Crippen molar-refractivity contribution in [2.75, 3.05) is 12.4 Å². The monoisotopic (exact) mass is 393 g/mol. The fourth-order valence-electron chi connectivity index (χ4n) is 1.97. The van der Waals surface area contributed by atoms with Crippen LogP contribution in [0.15, 0.2) is 48.5 Å². The van der Waals surface area contributed by atoms with Crippen LogP contribution in [0.5, 0.6) is 5.75 Å². The Labute approximate surface area is 161 Å². The number of halogens is 2. The van der Waals surface area contributed by atoms with Crippen LogP contribution in [0.4, 0.5) is 5.69 Å². The summed E-state index contributed by atoms with van der Waals surface area (Å²) in [5.41, 5.74) is 1.19. The lowest BCUT2D eigenvalue weighted by Gasteiger charge is -2.13. The van der Waals surface area contributed by atoms with Crippen molar-refractivity contribution >= 4 is 46.8 Å². The fraction of sp³-hybridized carbons (Fsp3) is 0.158. The van der Waals surface area contributed by atoms with E-state index in [9.17, 15) is 9.59 Å². The third-order valence-corrected chi connectivity index (χ3v) is 3.93. The van der Waals surface area contributed by atoms with Gasteiger partial charge in [0.1, 0.15) is 5.75 Å². The summed E-state index contributed by atoms with van der Waals surface area (Å²) in [5.74, 6) is -0.415. The zero-order chi connectivity index (χ0) is 19.1. The van der Waals surface area contributed by atoms with E-state index < -0.39 is 18.0 Å². The standard InChI is InChI=1S/C19H17Cl2NO4/c1-12(19(24)22-17-9-6-14(20)11-16(17)21)26-18(23)10-5-13-3-7-15(25-2)8-4-13/h3-12H,1-2H3,(H,22,24)/b10-5+/t12-/m0/s1. The molecule has 0 heterocycles. The molecule has 0 unspecified atom stereocenters. The maximum atomic E-state index is 12.1. The molecule has 26 heavy (non-hydrogen) atoms. The van der Waals surface area contributed by atoms with E-state index in [1.54, 1.807) is 49.6 Å². The number of hydrogen-bond donors (Lipinski definition) is 1. The van der Waals surface area contributed by atoms with E-state index in [0.717, 1.165) is 11.3 Å². The summed E-state index contributed by atoms with van der Waals surface area (Å²) >= 11 is 11.8. The van der Waals surface area contributed by atoms with Gasteiger partial charge in [0, 0.05) is 11.1 Å².